The molecule has 0 bridgehead atoms. The van der Waals surface area contributed by atoms with Crippen LogP contribution in [0.5, 0.6) is 0 Å². The molecule has 24 heavy (non-hydrogen) atoms. The number of amides is 1. The summed E-state index contributed by atoms with van der Waals surface area (Å²) >= 11 is 5.80. The lowest BCUT2D eigenvalue weighted by Gasteiger charge is -2.07. The summed E-state index contributed by atoms with van der Waals surface area (Å²) in [5.74, 6) is -1.22. The van der Waals surface area contributed by atoms with Gasteiger partial charge in [-0.25, -0.2) is 12.8 Å². The van der Waals surface area contributed by atoms with Crippen LogP contribution in [-0.2, 0) is 9.84 Å². The smallest absolute Gasteiger partial charge is 0.268 e. The van der Waals surface area contributed by atoms with Gasteiger partial charge in [-0.05, 0) is 37.1 Å². The monoisotopic (exact) mass is 367 g/mol. The minimum Gasteiger partial charge on any atom is -0.356 e. The van der Waals surface area contributed by atoms with E-state index in [4.69, 9.17) is 16.9 Å². The van der Waals surface area contributed by atoms with Gasteiger partial charge in [0.2, 0.25) is 9.84 Å². The van der Waals surface area contributed by atoms with Crippen molar-refractivity contribution < 1.29 is 17.6 Å². The third kappa shape index (κ3) is 2.88. The highest BCUT2D eigenvalue weighted by molar-refractivity contribution is 7.91. The topological polar surface area (TPSA) is 103 Å². The summed E-state index contributed by atoms with van der Waals surface area (Å²) < 4.78 is 38.2. The molecule has 0 atom stereocenters. The molecule has 9 heteroatoms. The number of aromatic nitrogens is 1. The summed E-state index contributed by atoms with van der Waals surface area (Å²) in [6.07, 6.45) is 2.27. The molecular formula is C15H11ClFN3O3S. The van der Waals surface area contributed by atoms with Crippen molar-refractivity contribution >= 4 is 27.3 Å². The lowest BCUT2D eigenvalue weighted by atomic mass is 10.3. The van der Waals surface area contributed by atoms with Gasteiger partial charge in [-0.2, -0.15) is 5.26 Å². The van der Waals surface area contributed by atoms with Gasteiger partial charge in [0.05, 0.1) is 20.9 Å². The number of nitrogens with zero attached hydrogens (tertiary/aromatic N) is 1. The van der Waals surface area contributed by atoms with Gasteiger partial charge in [0, 0.05) is 6.20 Å². The molecule has 0 spiro atoms. The standard InChI is InChI=1S/C15H11ClFN3O3S/c16-11-5-9(17)1-2-13(11)24(22,23)10-6-12(19-7-10)14(21)20-15(8-18)3-4-15/h1-2,5-7,19H,3-4H2,(H,20,21). The Hall–Kier alpha value is -2.37. The second kappa shape index (κ2) is 5.61. The number of carbonyl (C=O) groups is 1. The van der Waals surface area contributed by atoms with Crippen LogP contribution < -0.4 is 5.32 Å². The Labute approximate surface area is 142 Å². The molecule has 1 aromatic heterocycles. The lowest BCUT2D eigenvalue weighted by molar-refractivity contribution is 0.0937. The summed E-state index contributed by atoms with van der Waals surface area (Å²) in [5, 5.41) is 11.3. The molecule has 0 saturated heterocycles. The van der Waals surface area contributed by atoms with E-state index >= 15 is 0 Å². The average Bonchev–Trinajstić information content (AvgIpc) is 3.10. The molecule has 2 N–H and O–H groups in total. The highest BCUT2D eigenvalue weighted by Crippen LogP contribution is 2.34. The summed E-state index contributed by atoms with van der Waals surface area (Å²) in [6, 6.07) is 6.12. The fraction of sp³-hybridized carbons (Fsp3) is 0.200. The van der Waals surface area contributed by atoms with Gasteiger partial charge >= 0.3 is 0 Å². The molecule has 0 aliphatic heterocycles. The molecule has 6 nitrogen and oxygen atoms in total. The van der Waals surface area contributed by atoms with E-state index in [0.29, 0.717) is 12.8 Å². The summed E-state index contributed by atoms with van der Waals surface area (Å²) in [4.78, 5) is 14.2. The number of benzene rings is 1. The van der Waals surface area contributed by atoms with E-state index in [1.807, 2.05) is 6.07 Å². The molecule has 1 fully saturated rings. The van der Waals surface area contributed by atoms with Crippen molar-refractivity contribution in [2.24, 2.45) is 0 Å². The van der Waals surface area contributed by atoms with Crippen LogP contribution in [0.15, 0.2) is 40.3 Å². The third-order valence-corrected chi connectivity index (χ3v) is 5.93. The first kappa shape index (κ1) is 16.5. The van der Waals surface area contributed by atoms with E-state index < -0.39 is 27.1 Å². The van der Waals surface area contributed by atoms with Crippen LogP contribution in [0.4, 0.5) is 4.39 Å². The highest BCUT2D eigenvalue weighted by atomic mass is 35.5. The Kier molecular flexibility index (Phi) is 3.86. The predicted molar refractivity (Wildman–Crippen MR) is 82.7 cm³/mol. The molecule has 124 valence electrons. The fourth-order valence-corrected chi connectivity index (χ4v) is 3.93. The maximum absolute atomic E-state index is 13.1. The lowest BCUT2D eigenvalue weighted by Crippen LogP contribution is -2.35. The van der Waals surface area contributed by atoms with Crippen molar-refractivity contribution in [1.82, 2.24) is 10.3 Å². The van der Waals surface area contributed by atoms with E-state index in [0.717, 1.165) is 30.5 Å². The van der Waals surface area contributed by atoms with Crippen LogP contribution in [0.1, 0.15) is 23.3 Å². The average molecular weight is 368 g/mol. The third-order valence-electron chi connectivity index (χ3n) is 3.71. The SMILES string of the molecule is N#CC1(NC(=O)c2cc(S(=O)(=O)c3ccc(F)cc3Cl)c[nH]2)CC1. The number of carbonyl (C=O) groups excluding carboxylic acids is 1. The number of hydrogen-bond donors (Lipinski definition) is 2. The van der Waals surface area contributed by atoms with Crippen molar-refractivity contribution in [2.45, 2.75) is 28.2 Å². The van der Waals surface area contributed by atoms with Gasteiger partial charge < -0.3 is 10.3 Å². The van der Waals surface area contributed by atoms with Gasteiger partial charge in [-0.15, -0.1) is 0 Å². The Morgan fingerprint density at radius 1 is 1.38 bits per heavy atom. The zero-order chi connectivity index (χ0) is 17.5. The van der Waals surface area contributed by atoms with Crippen molar-refractivity contribution in [3.05, 3.63) is 47.0 Å². The molecule has 1 aliphatic carbocycles. The number of nitriles is 1. The molecule has 2 aromatic rings. The highest BCUT2D eigenvalue weighted by Gasteiger charge is 2.45. The minimum atomic E-state index is -4.01. The molecule has 1 saturated carbocycles. The number of nitrogens with one attached hydrogen (secondary N) is 2. The molecule has 1 amide bonds. The van der Waals surface area contributed by atoms with Crippen molar-refractivity contribution in [1.29, 1.82) is 5.26 Å². The van der Waals surface area contributed by atoms with Crippen molar-refractivity contribution in [3.63, 3.8) is 0 Å². The molecule has 1 aromatic carbocycles. The van der Waals surface area contributed by atoms with Crippen LogP contribution in [0, 0.1) is 17.1 Å². The maximum atomic E-state index is 13.1. The summed E-state index contributed by atoms with van der Waals surface area (Å²) in [6.45, 7) is 0. The first-order valence-corrected chi connectivity index (χ1v) is 8.76. The number of halogens is 2. The zero-order valence-corrected chi connectivity index (χ0v) is 13.7. The summed E-state index contributed by atoms with van der Waals surface area (Å²) in [5.41, 5.74) is -0.852. The zero-order valence-electron chi connectivity index (χ0n) is 12.1. The first-order valence-electron chi connectivity index (χ1n) is 6.90. The van der Waals surface area contributed by atoms with Gasteiger partial charge in [0.25, 0.3) is 5.91 Å². The fourth-order valence-electron chi connectivity index (χ4n) is 2.16. The van der Waals surface area contributed by atoms with E-state index in [-0.39, 0.29) is 20.5 Å². The molecule has 1 aliphatic rings. The molecule has 0 radical (unpaired) electrons. The van der Waals surface area contributed by atoms with E-state index in [1.165, 1.54) is 0 Å². The summed E-state index contributed by atoms with van der Waals surface area (Å²) in [7, 11) is -4.01. The quantitative estimate of drug-likeness (QED) is 0.810. The minimum absolute atomic E-state index is 0.00772. The second-order valence-electron chi connectivity index (χ2n) is 5.48. The maximum Gasteiger partial charge on any atom is 0.268 e. The van der Waals surface area contributed by atoms with E-state index in [2.05, 4.69) is 10.3 Å². The van der Waals surface area contributed by atoms with Crippen LogP contribution in [0.25, 0.3) is 0 Å². The van der Waals surface area contributed by atoms with E-state index in [1.54, 1.807) is 0 Å². The second-order valence-corrected chi connectivity index (χ2v) is 7.80. The molecule has 1 heterocycles. The van der Waals surface area contributed by atoms with Crippen molar-refractivity contribution in [3.8, 4) is 6.07 Å². The largest absolute Gasteiger partial charge is 0.356 e. The number of sulfone groups is 1. The molecule has 0 unspecified atom stereocenters. The number of rotatable bonds is 4. The van der Waals surface area contributed by atoms with Crippen molar-refractivity contribution in [2.75, 3.05) is 0 Å². The normalized spacial score (nSPS) is 15.5. The Morgan fingerprint density at radius 3 is 2.67 bits per heavy atom. The molecular weight excluding hydrogens is 357 g/mol. The van der Waals surface area contributed by atoms with Gasteiger partial charge in [0.1, 0.15) is 17.1 Å². The number of hydrogen-bond acceptors (Lipinski definition) is 4. The Balaban J connectivity index is 1.89. The number of H-pyrrole nitrogens is 1. The van der Waals surface area contributed by atoms with Crippen LogP contribution in [0.3, 0.4) is 0 Å². The predicted octanol–water partition coefficient (Wildman–Crippen LogP) is 2.43. The van der Waals surface area contributed by atoms with Crippen LogP contribution in [0.2, 0.25) is 5.02 Å². The van der Waals surface area contributed by atoms with Gasteiger partial charge in [-0.3, -0.25) is 4.79 Å². The Bertz CT molecular complexity index is 974. The van der Waals surface area contributed by atoms with Gasteiger partial charge in [0.15, 0.2) is 0 Å². The van der Waals surface area contributed by atoms with E-state index in [9.17, 15) is 17.6 Å². The molecule has 3 rings (SSSR count). The number of aromatic amines is 1. The van der Waals surface area contributed by atoms with Crippen LogP contribution in [-0.4, -0.2) is 24.8 Å². The van der Waals surface area contributed by atoms with Crippen LogP contribution >= 0.6 is 11.6 Å². The Morgan fingerprint density at radius 2 is 2.08 bits per heavy atom. The first-order chi connectivity index (χ1) is 11.3. The van der Waals surface area contributed by atoms with Gasteiger partial charge in [-0.1, -0.05) is 11.6 Å².